The first-order chi connectivity index (χ1) is 49.1. The van der Waals surface area contributed by atoms with Gasteiger partial charge in [0.1, 0.15) is 19.3 Å². The minimum Gasteiger partial charge on any atom is -0.462 e. The molecule has 0 aliphatic heterocycles. The van der Waals surface area contributed by atoms with E-state index in [0.29, 0.717) is 25.7 Å². The van der Waals surface area contributed by atoms with Gasteiger partial charge in [0.2, 0.25) is 0 Å². The van der Waals surface area contributed by atoms with Gasteiger partial charge in [0.15, 0.2) is 12.2 Å². The van der Waals surface area contributed by atoms with Crippen LogP contribution in [0.5, 0.6) is 0 Å². The van der Waals surface area contributed by atoms with Crippen molar-refractivity contribution in [3.63, 3.8) is 0 Å². The van der Waals surface area contributed by atoms with Gasteiger partial charge in [-0.1, -0.05) is 388 Å². The van der Waals surface area contributed by atoms with E-state index < -0.39 is 97.5 Å². The Bertz CT molecular complexity index is 1930. The Hall–Kier alpha value is -1.94. The second-order valence-corrected chi connectivity index (χ2v) is 32.7. The highest BCUT2D eigenvalue weighted by molar-refractivity contribution is 7.47. The topological polar surface area (TPSA) is 237 Å². The number of carbonyl (C=O) groups is 4. The highest BCUT2D eigenvalue weighted by atomic mass is 31.2. The van der Waals surface area contributed by atoms with Crippen LogP contribution in [0.4, 0.5) is 0 Å². The summed E-state index contributed by atoms with van der Waals surface area (Å²) >= 11 is 0. The maximum Gasteiger partial charge on any atom is 0.472 e. The highest BCUT2D eigenvalue weighted by Crippen LogP contribution is 2.45. The summed E-state index contributed by atoms with van der Waals surface area (Å²) in [5, 5.41) is 10.6. The van der Waals surface area contributed by atoms with Gasteiger partial charge >= 0.3 is 39.5 Å². The molecular formula is C82H160O17P2. The molecule has 600 valence electrons. The van der Waals surface area contributed by atoms with Gasteiger partial charge in [-0.25, -0.2) is 9.13 Å². The fraction of sp³-hybridized carbons (Fsp3) is 0.951. The van der Waals surface area contributed by atoms with Crippen molar-refractivity contribution in [2.24, 2.45) is 5.92 Å². The second kappa shape index (κ2) is 74.9. The summed E-state index contributed by atoms with van der Waals surface area (Å²) in [7, 11) is -9.92. The van der Waals surface area contributed by atoms with Crippen LogP contribution in [0.1, 0.15) is 439 Å². The average Bonchev–Trinajstić information content (AvgIpc) is 0.956. The molecule has 19 heteroatoms. The molecule has 0 saturated carbocycles. The Labute approximate surface area is 619 Å². The van der Waals surface area contributed by atoms with E-state index in [1.165, 1.54) is 263 Å². The molecule has 0 heterocycles. The minimum absolute atomic E-state index is 0.106. The number of phosphoric acid groups is 2. The number of rotatable bonds is 82. The normalized spacial score (nSPS) is 14.1. The maximum absolute atomic E-state index is 13.1. The first-order valence-corrected chi connectivity index (χ1v) is 45.7. The molecule has 0 aliphatic carbocycles. The molecule has 0 rings (SSSR count). The number of phosphoric ester groups is 2. The van der Waals surface area contributed by atoms with Crippen molar-refractivity contribution in [1.29, 1.82) is 0 Å². The van der Waals surface area contributed by atoms with Crippen LogP contribution in [0.3, 0.4) is 0 Å². The smallest absolute Gasteiger partial charge is 0.462 e. The van der Waals surface area contributed by atoms with Crippen molar-refractivity contribution in [1.82, 2.24) is 0 Å². The van der Waals surface area contributed by atoms with Gasteiger partial charge in [0, 0.05) is 25.7 Å². The molecule has 0 spiro atoms. The lowest BCUT2D eigenvalue weighted by molar-refractivity contribution is -0.161. The molecule has 0 aliphatic rings. The van der Waals surface area contributed by atoms with E-state index in [2.05, 4.69) is 34.6 Å². The number of aliphatic hydroxyl groups excluding tert-OH is 1. The standard InChI is InChI=1S/C82H160O17P2/c1-6-10-13-16-19-22-25-28-30-32-34-36-38-40-43-46-52-57-62-67-81(86)98-77(71-92-80(85)66-61-56-51-45-42-39-37-35-33-31-29-26-23-20-17-14-11-7-2)73-96-100(88,89)94-69-76(83)70-95-101(90,91)97-74-78(99-82(87)68-63-58-53-48-47-49-54-59-64-75(5)9-4)72-93-79(84)65-60-55-50-44-41-27-24-21-18-15-12-8-3/h75-78,83H,6-74H2,1-5H3,(H,88,89)(H,90,91)/t75?,76-,77-,78-/m1/s1. The zero-order chi connectivity index (χ0) is 74.1. The summed E-state index contributed by atoms with van der Waals surface area (Å²) in [5.41, 5.74) is 0. The number of unbranched alkanes of at least 4 members (excludes halogenated alkanes) is 53. The van der Waals surface area contributed by atoms with Crippen LogP contribution in [0, 0.1) is 5.92 Å². The van der Waals surface area contributed by atoms with Crippen molar-refractivity contribution in [2.75, 3.05) is 39.6 Å². The number of hydrogen-bond donors (Lipinski definition) is 3. The number of esters is 4. The summed E-state index contributed by atoms with van der Waals surface area (Å²) in [6.45, 7) is 7.33. The Morgan fingerprint density at radius 1 is 0.277 bits per heavy atom. The quantitative estimate of drug-likeness (QED) is 0.0222. The number of ether oxygens (including phenoxy) is 4. The van der Waals surface area contributed by atoms with E-state index in [4.69, 9.17) is 37.0 Å². The molecule has 0 amide bonds. The van der Waals surface area contributed by atoms with Crippen LogP contribution in [0.25, 0.3) is 0 Å². The molecule has 0 bridgehead atoms. The molecule has 0 radical (unpaired) electrons. The molecule has 0 fully saturated rings. The van der Waals surface area contributed by atoms with Gasteiger partial charge in [0.05, 0.1) is 26.4 Å². The van der Waals surface area contributed by atoms with Crippen LogP contribution in [-0.2, 0) is 65.4 Å². The zero-order valence-electron chi connectivity index (χ0n) is 66.1. The number of carbonyl (C=O) groups excluding carboxylic acids is 4. The van der Waals surface area contributed by atoms with Gasteiger partial charge in [-0.3, -0.25) is 37.3 Å². The van der Waals surface area contributed by atoms with Gasteiger partial charge in [-0.15, -0.1) is 0 Å². The first-order valence-electron chi connectivity index (χ1n) is 42.7. The molecule has 17 nitrogen and oxygen atoms in total. The first kappa shape index (κ1) is 99.1. The Morgan fingerprint density at radius 3 is 0.703 bits per heavy atom. The molecule has 3 N–H and O–H groups in total. The van der Waals surface area contributed by atoms with Crippen LogP contribution in [0.15, 0.2) is 0 Å². The molecule has 0 aromatic rings. The van der Waals surface area contributed by atoms with Gasteiger partial charge < -0.3 is 33.8 Å². The third-order valence-corrected chi connectivity index (χ3v) is 21.5. The summed E-state index contributed by atoms with van der Waals surface area (Å²) in [4.78, 5) is 73.1. The second-order valence-electron chi connectivity index (χ2n) is 29.8. The van der Waals surface area contributed by atoms with Crippen molar-refractivity contribution in [2.45, 2.75) is 457 Å². The monoisotopic (exact) mass is 1480 g/mol. The molecule has 0 aromatic carbocycles. The summed E-state index contributed by atoms with van der Waals surface area (Å²) in [5.74, 6) is -1.34. The van der Waals surface area contributed by atoms with Crippen molar-refractivity contribution >= 4 is 39.5 Å². The average molecular weight is 1480 g/mol. The van der Waals surface area contributed by atoms with Gasteiger partial charge in [-0.2, -0.15) is 0 Å². The van der Waals surface area contributed by atoms with Crippen molar-refractivity contribution < 1.29 is 80.2 Å². The van der Waals surface area contributed by atoms with E-state index in [9.17, 15) is 43.2 Å². The van der Waals surface area contributed by atoms with Crippen LogP contribution in [-0.4, -0.2) is 96.7 Å². The van der Waals surface area contributed by atoms with Crippen LogP contribution >= 0.6 is 15.6 Å². The number of aliphatic hydroxyl groups is 1. The fourth-order valence-electron chi connectivity index (χ4n) is 12.7. The van der Waals surface area contributed by atoms with Gasteiger partial charge in [-0.05, 0) is 31.6 Å². The Morgan fingerprint density at radius 2 is 0.475 bits per heavy atom. The molecule has 101 heavy (non-hydrogen) atoms. The van der Waals surface area contributed by atoms with Crippen molar-refractivity contribution in [3.05, 3.63) is 0 Å². The molecule has 0 aromatic heterocycles. The lowest BCUT2D eigenvalue weighted by Gasteiger charge is -2.21. The predicted octanol–water partition coefficient (Wildman–Crippen LogP) is 24.8. The Balaban J connectivity index is 5.24. The molecule has 3 unspecified atom stereocenters. The van der Waals surface area contributed by atoms with E-state index in [1.54, 1.807) is 0 Å². The van der Waals surface area contributed by atoms with Crippen LogP contribution in [0.2, 0.25) is 0 Å². The van der Waals surface area contributed by atoms with Gasteiger partial charge in [0.25, 0.3) is 0 Å². The molecule has 0 saturated heterocycles. The third kappa shape index (κ3) is 74.7. The SMILES string of the molecule is CCCCCCCCCCCCCCCCCCCCCC(=O)O[C@H](COC(=O)CCCCCCCCCCCCCCCCCCCC)COP(=O)(O)OC[C@@H](O)COP(=O)(O)OC[C@@H](COC(=O)CCCCCCCCCCCCCC)OC(=O)CCCCCCCCCCC(C)CC. The van der Waals surface area contributed by atoms with E-state index >= 15 is 0 Å². The highest BCUT2D eigenvalue weighted by Gasteiger charge is 2.30. The van der Waals surface area contributed by atoms with Crippen LogP contribution < -0.4 is 0 Å². The maximum atomic E-state index is 13.1. The lowest BCUT2D eigenvalue weighted by atomic mass is 9.99. The molecular weight excluding hydrogens is 1320 g/mol. The Kier molecular flexibility index (Phi) is 73.5. The van der Waals surface area contributed by atoms with E-state index in [1.807, 2.05) is 0 Å². The summed E-state index contributed by atoms with van der Waals surface area (Å²) < 4.78 is 68.8. The lowest BCUT2D eigenvalue weighted by Crippen LogP contribution is -2.30. The van der Waals surface area contributed by atoms with E-state index in [-0.39, 0.29) is 25.7 Å². The number of hydrogen-bond acceptors (Lipinski definition) is 15. The zero-order valence-corrected chi connectivity index (χ0v) is 67.8. The summed E-state index contributed by atoms with van der Waals surface area (Å²) in [6.07, 6.45) is 66.5. The third-order valence-electron chi connectivity index (χ3n) is 19.6. The molecule has 6 atom stereocenters. The predicted molar refractivity (Wildman–Crippen MR) is 414 cm³/mol. The fourth-order valence-corrected chi connectivity index (χ4v) is 14.3. The van der Waals surface area contributed by atoms with Crippen molar-refractivity contribution in [3.8, 4) is 0 Å². The largest absolute Gasteiger partial charge is 0.472 e. The minimum atomic E-state index is -4.96. The van der Waals surface area contributed by atoms with E-state index in [0.717, 1.165) is 95.8 Å². The summed E-state index contributed by atoms with van der Waals surface area (Å²) in [6, 6.07) is 0.